The third-order valence-corrected chi connectivity index (χ3v) is 8.26. The van der Waals surface area contributed by atoms with Crippen molar-refractivity contribution in [3.8, 4) is 23.0 Å². The Morgan fingerprint density at radius 1 is 1.00 bits per heavy atom. The van der Waals surface area contributed by atoms with Crippen molar-refractivity contribution in [1.82, 2.24) is 20.1 Å². The molecule has 13 heteroatoms. The predicted molar refractivity (Wildman–Crippen MR) is 168 cm³/mol. The first-order chi connectivity index (χ1) is 21.7. The molecule has 2 N–H and O–H groups in total. The lowest BCUT2D eigenvalue weighted by Gasteiger charge is -2.37. The van der Waals surface area contributed by atoms with Crippen LogP contribution in [0.3, 0.4) is 0 Å². The van der Waals surface area contributed by atoms with Gasteiger partial charge in [0.25, 0.3) is 5.91 Å². The number of halogens is 1. The molecule has 2 aliphatic rings. The van der Waals surface area contributed by atoms with Crippen LogP contribution in [-0.4, -0.2) is 95.5 Å². The minimum Gasteiger partial charge on any atom is -0.493 e. The van der Waals surface area contributed by atoms with E-state index in [2.05, 4.69) is 15.5 Å². The fourth-order valence-corrected chi connectivity index (χ4v) is 5.80. The number of aromatic nitrogens is 1. The van der Waals surface area contributed by atoms with E-state index in [0.29, 0.717) is 65.8 Å². The van der Waals surface area contributed by atoms with Crippen molar-refractivity contribution in [2.24, 2.45) is 0 Å². The van der Waals surface area contributed by atoms with Gasteiger partial charge in [-0.05, 0) is 44.2 Å². The van der Waals surface area contributed by atoms with Crippen LogP contribution in [0, 0.1) is 5.82 Å². The minimum atomic E-state index is -0.557. The number of ether oxygens (including phenoxy) is 4. The molecule has 12 nitrogen and oxygen atoms in total. The van der Waals surface area contributed by atoms with Crippen LogP contribution in [0.4, 0.5) is 10.1 Å². The molecule has 0 spiro atoms. The number of carbonyl (C=O) groups excluding carboxylic acids is 2. The van der Waals surface area contributed by atoms with Gasteiger partial charge in [0.1, 0.15) is 17.9 Å². The van der Waals surface area contributed by atoms with Gasteiger partial charge >= 0.3 is 0 Å². The highest BCUT2D eigenvalue weighted by atomic mass is 19.1. The molecule has 242 valence electrons. The maximum atomic E-state index is 15.6. The van der Waals surface area contributed by atoms with Crippen LogP contribution in [-0.2, 0) is 11.2 Å². The topological polar surface area (TPSA) is 124 Å². The van der Waals surface area contributed by atoms with Crippen LogP contribution < -0.4 is 39.9 Å². The van der Waals surface area contributed by atoms with Crippen molar-refractivity contribution < 1.29 is 32.9 Å². The zero-order valence-electron chi connectivity index (χ0n) is 26.3. The number of piperazine rings is 1. The maximum Gasteiger partial charge on any atom is 0.256 e. The normalized spacial score (nSPS) is 16.2. The molecule has 3 aromatic rings. The monoisotopic (exact) mass is 625 g/mol. The number of nitrogens with one attached hydrogen (secondary N) is 2. The van der Waals surface area contributed by atoms with Crippen molar-refractivity contribution in [3.63, 3.8) is 0 Å². The first-order valence-electron chi connectivity index (χ1n) is 15.0. The Kier molecular flexibility index (Phi) is 9.66. The van der Waals surface area contributed by atoms with E-state index in [9.17, 15) is 14.4 Å². The molecule has 3 heterocycles. The fourth-order valence-electron chi connectivity index (χ4n) is 5.80. The number of methoxy groups -OCH3 is 3. The molecule has 2 aromatic carbocycles. The molecule has 2 aliphatic heterocycles. The standard InChI is InChI=1S/C32H40FN5O7/c1-19-18-45-31-27-21(16-23(33)28(31)37-11-9-36(2)10-12-37)29(40)22(17-38(19)27)32(41)35-8-6-7-34-26(39)15-20-13-24(42-3)30(44-5)25(14-20)43-4/h13-14,16-17,19H,6-12,15,18H2,1-5H3,(H,34,39)(H,35,41). The SMILES string of the molecule is COc1cc(CC(=O)NCCCNC(=O)c2cn3c4c(c(N5CCN(C)CC5)c(F)cc4c2=O)OCC3C)cc(OC)c1OC. The second-order valence-corrected chi connectivity index (χ2v) is 11.3. The average molecular weight is 626 g/mol. The summed E-state index contributed by atoms with van der Waals surface area (Å²) < 4.78 is 39.5. The van der Waals surface area contributed by atoms with Gasteiger partial charge in [0, 0.05) is 45.5 Å². The largest absolute Gasteiger partial charge is 0.493 e. The maximum absolute atomic E-state index is 15.6. The molecule has 1 aromatic heterocycles. The Hall–Kier alpha value is -4.52. The third-order valence-electron chi connectivity index (χ3n) is 8.26. The summed E-state index contributed by atoms with van der Waals surface area (Å²) >= 11 is 0. The van der Waals surface area contributed by atoms with E-state index in [0.717, 1.165) is 13.1 Å². The van der Waals surface area contributed by atoms with Crippen molar-refractivity contribution in [3.05, 3.63) is 51.6 Å². The van der Waals surface area contributed by atoms with Crippen LogP contribution in [0.25, 0.3) is 10.9 Å². The highest BCUT2D eigenvalue weighted by molar-refractivity contribution is 6.00. The first kappa shape index (κ1) is 31.9. The zero-order valence-corrected chi connectivity index (χ0v) is 26.3. The van der Waals surface area contributed by atoms with Crippen molar-refractivity contribution in [2.45, 2.75) is 25.8 Å². The molecule has 1 atom stereocenters. The quantitative estimate of drug-likeness (QED) is 0.309. The fraction of sp³-hybridized carbons (Fsp3) is 0.469. The van der Waals surface area contributed by atoms with E-state index < -0.39 is 17.2 Å². The van der Waals surface area contributed by atoms with Crippen LogP contribution in [0.5, 0.6) is 23.0 Å². The lowest BCUT2D eigenvalue weighted by molar-refractivity contribution is -0.120. The van der Waals surface area contributed by atoms with Crippen molar-refractivity contribution >= 4 is 28.4 Å². The van der Waals surface area contributed by atoms with Crippen molar-refractivity contribution in [1.29, 1.82) is 0 Å². The van der Waals surface area contributed by atoms with Crippen LogP contribution in [0.2, 0.25) is 0 Å². The van der Waals surface area contributed by atoms with Gasteiger partial charge in [-0.2, -0.15) is 0 Å². The Labute approximate surface area is 261 Å². The average Bonchev–Trinajstić information content (AvgIpc) is 3.03. The van der Waals surface area contributed by atoms with Gasteiger partial charge in [0.05, 0.1) is 44.7 Å². The number of nitrogens with zero attached hydrogens (tertiary/aromatic N) is 3. The van der Waals surface area contributed by atoms with E-state index in [1.54, 1.807) is 18.3 Å². The number of anilines is 1. The molecule has 0 aliphatic carbocycles. The van der Waals surface area contributed by atoms with E-state index in [1.807, 2.05) is 23.4 Å². The molecule has 0 saturated carbocycles. The van der Waals surface area contributed by atoms with Gasteiger partial charge in [-0.25, -0.2) is 4.39 Å². The second-order valence-electron chi connectivity index (χ2n) is 11.3. The zero-order chi connectivity index (χ0) is 32.2. The lowest BCUT2D eigenvalue weighted by atomic mass is 10.0. The third kappa shape index (κ3) is 6.48. The summed E-state index contributed by atoms with van der Waals surface area (Å²) in [5, 5.41) is 5.70. The highest BCUT2D eigenvalue weighted by Crippen LogP contribution is 2.42. The molecule has 1 fully saturated rings. The van der Waals surface area contributed by atoms with Gasteiger partial charge in [-0.3, -0.25) is 14.4 Å². The van der Waals surface area contributed by atoms with Crippen LogP contribution >= 0.6 is 0 Å². The number of carbonyl (C=O) groups is 2. The molecule has 0 bridgehead atoms. The smallest absolute Gasteiger partial charge is 0.256 e. The number of pyridine rings is 1. The molecular weight excluding hydrogens is 585 g/mol. The predicted octanol–water partition coefficient (Wildman–Crippen LogP) is 2.35. The molecule has 1 saturated heterocycles. The Balaban J connectivity index is 1.23. The molecular formula is C32H40FN5O7. The summed E-state index contributed by atoms with van der Waals surface area (Å²) in [5.41, 5.74) is 0.923. The summed E-state index contributed by atoms with van der Waals surface area (Å²) in [6.45, 7) is 5.60. The number of benzene rings is 2. The summed E-state index contributed by atoms with van der Waals surface area (Å²) in [6.07, 6.45) is 2.07. The summed E-state index contributed by atoms with van der Waals surface area (Å²) in [4.78, 5) is 43.3. The Bertz CT molecular complexity index is 1630. The van der Waals surface area contributed by atoms with Gasteiger partial charge in [0.2, 0.25) is 17.1 Å². The van der Waals surface area contributed by atoms with E-state index in [-0.39, 0.29) is 42.5 Å². The van der Waals surface area contributed by atoms with Gasteiger partial charge in [-0.15, -0.1) is 0 Å². The molecule has 0 radical (unpaired) electrons. The van der Waals surface area contributed by atoms with Gasteiger partial charge < -0.3 is 43.9 Å². The number of likely N-dealkylation sites (N-methyl/N-ethyl adjacent to an activating group) is 1. The second kappa shape index (κ2) is 13.6. The van der Waals surface area contributed by atoms with Gasteiger partial charge in [0.15, 0.2) is 23.1 Å². The van der Waals surface area contributed by atoms with E-state index in [1.165, 1.54) is 27.4 Å². The Morgan fingerprint density at radius 2 is 1.67 bits per heavy atom. The molecule has 1 unspecified atom stereocenters. The van der Waals surface area contributed by atoms with E-state index in [4.69, 9.17) is 18.9 Å². The number of rotatable bonds is 11. The van der Waals surface area contributed by atoms with Crippen LogP contribution in [0.1, 0.15) is 35.3 Å². The lowest BCUT2D eigenvalue weighted by Crippen LogP contribution is -2.45. The minimum absolute atomic E-state index is 0.0691. The highest BCUT2D eigenvalue weighted by Gasteiger charge is 2.31. The molecule has 5 rings (SSSR count). The van der Waals surface area contributed by atoms with Gasteiger partial charge in [-0.1, -0.05) is 0 Å². The molecule has 45 heavy (non-hydrogen) atoms. The summed E-state index contributed by atoms with van der Waals surface area (Å²) in [7, 11) is 6.55. The van der Waals surface area contributed by atoms with Crippen molar-refractivity contribution in [2.75, 3.05) is 79.2 Å². The number of amides is 2. The summed E-state index contributed by atoms with van der Waals surface area (Å²) in [6, 6.07) is 4.49. The number of hydrogen-bond acceptors (Lipinski definition) is 9. The van der Waals surface area contributed by atoms with Crippen LogP contribution in [0.15, 0.2) is 29.2 Å². The molecule has 2 amide bonds. The Morgan fingerprint density at radius 3 is 2.31 bits per heavy atom. The van der Waals surface area contributed by atoms with E-state index >= 15 is 4.39 Å². The number of hydrogen-bond donors (Lipinski definition) is 2. The first-order valence-corrected chi connectivity index (χ1v) is 15.0. The summed E-state index contributed by atoms with van der Waals surface area (Å²) in [5.74, 6) is 0.388.